The van der Waals surface area contributed by atoms with Gasteiger partial charge in [-0.2, -0.15) is 13.2 Å². The molecular weight excluding hydrogens is 473 g/mol. The van der Waals surface area contributed by atoms with Crippen LogP contribution in [0.2, 0.25) is 0 Å². The molecule has 9 heteroatoms. The Morgan fingerprint density at radius 3 is 2.43 bits per heavy atom. The van der Waals surface area contributed by atoms with Crippen molar-refractivity contribution in [1.82, 2.24) is 4.98 Å². The molecule has 5 nitrogen and oxygen atoms in total. The molecule has 0 saturated carbocycles. The summed E-state index contributed by atoms with van der Waals surface area (Å²) in [6, 6.07) is 16.0. The summed E-state index contributed by atoms with van der Waals surface area (Å²) < 4.78 is 41.3. The smallest absolute Gasteiger partial charge is 0.385 e. The van der Waals surface area contributed by atoms with Gasteiger partial charge in [-0.25, -0.2) is 4.98 Å². The van der Waals surface area contributed by atoms with Gasteiger partial charge in [0.25, 0.3) is 5.91 Å². The van der Waals surface area contributed by atoms with Crippen molar-refractivity contribution in [3.63, 3.8) is 0 Å². The standard InChI is InChI=1S/C26H25F3N4OS/c1-25(26(27,28)29)13-11-21(17-5-3-2-4-6-17)22(15-25)23(34)32-19-9-7-18(8-10-19)31-14-12-20-16-35-24(30)33-20/h2-11,13,16,31H,12,14-15H2,1H3,(H2,30,33)(H,32,34). The van der Waals surface area contributed by atoms with E-state index in [1.54, 1.807) is 48.5 Å². The number of carbonyl (C=O) groups is 1. The number of hydrogen-bond donors (Lipinski definition) is 3. The predicted octanol–water partition coefficient (Wildman–Crippen LogP) is 6.30. The van der Waals surface area contributed by atoms with Crippen molar-refractivity contribution in [3.8, 4) is 0 Å². The van der Waals surface area contributed by atoms with E-state index >= 15 is 0 Å². The minimum Gasteiger partial charge on any atom is -0.385 e. The fraction of sp³-hybridized carbons (Fsp3) is 0.231. The fourth-order valence-corrected chi connectivity index (χ4v) is 4.42. The number of hydrogen-bond acceptors (Lipinski definition) is 5. The number of aromatic nitrogens is 1. The zero-order chi connectivity index (χ0) is 25.1. The molecule has 0 radical (unpaired) electrons. The van der Waals surface area contributed by atoms with Gasteiger partial charge < -0.3 is 16.4 Å². The van der Waals surface area contributed by atoms with Crippen molar-refractivity contribution in [1.29, 1.82) is 0 Å². The molecule has 1 heterocycles. The first-order chi connectivity index (χ1) is 16.6. The van der Waals surface area contributed by atoms with Crippen LogP contribution in [0.3, 0.4) is 0 Å². The van der Waals surface area contributed by atoms with Crippen molar-refractivity contribution < 1.29 is 18.0 Å². The van der Waals surface area contributed by atoms with Crippen LogP contribution < -0.4 is 16.4 Å². The molecule has 0 bridgehead atoms. The average molecular weight is 499 g/mol. The van der Waals surface area contributed by atoms with Crippen LogP contribution in [0, 0.1) is 5.41 Å². The van der Waals surface area contributed by atoms with Crippen LogP contribution in [-0.2, 0) is 11.2 Å². The second kappa shape index (κ2) is 9.95. The van der Waals surface area contributed by atoms with Crippen LogP contribution in [-0.4, -0.2) is 23.6 Å². The van der Waals surface area contributed by atoms with Crippen LogP contribution in [0.15, 0.2) is 77.7 Å². The number of allylic oxidation sites excluding steroid dienone is 3. The number of nitrogens with one attached hydrogen (secondary N) is 2. The molecule has 182 valence electrons. The Bertz CT molecular complexity index is 1250. The van der Waals surface area contributed by atoms with Crippen LogP contribution in [0.1, 0.15) is 24.6 Å². The zero-order valence-electron chi connectivity index (χ0n) is 19.0. The van der Waals surface area contributed by atoms with Gasteiger partial charge in [-0.3, -0.25) is 4.79 Å². The minimum absolute atomic E-state index is 0.100. The number of thiazole rings is 1. The first-order valence-corrected chi connectivity index (χ1v) is 11.9. The molecule has 1 aliphatic rings. The number of nitrogens with two attached hydrogens (primary N) is 1. The number of benzene rings is 2. The van der Waals surface area contributed by atoms with Crippen LogP contribution in [0.4, 0.5) is 29.7 Å². The first-order valence-electron chi connectivity index (χ1n) is 11.0. The third kappa shape index (κ3) is 5.74. The third-order valence-electron chi connectivity index (χ3n) is 5.92. The summed E-state index contributed by atoms with van der Waals surface area (Å²) in [6.07, 6.45) is -1.65. The molecule has 1 aromatic heterocycles. The molecule has 2 aromatic carbocycles. The Labute approximate surface area is 205 Å². The molecule has 3 aromatic rings. The fourth-order valence-electron chi connectivity index (χ4n) is 3.83. The number of amides is 1. The Morgan fingerprint density at radius 1 is 1.11 bits per heavy atom. The molecule has 0 spiro atoms. The van der Waals surface area contributed by atoms with Crippen molar-refractivity contribution in [2.75, 3.05) is 22.9 Å². The molecule has 35 heavy (non-hydrogen) atoms. The Hall–Kier alpha value is -3.59. The molecule has 0 aliphatic heterocycles. The van der Waals surface area contributed by atoms with Gasteiger partial charge in [0.05, 0.1) is 11.1 Å². The third-order valence-corrected chi connectivity index (χ3v) is 6.64. The number of anilines is 3. The molecule has 4 N–H and O–H groups in total. The van der Waals surface area contributed by atoms with Crippen molar-refractivity contribution >= 4 is 39.3 Å². The van der Waals surface area contributed by atoms with Crippen LogP contribution in [0.5, 0.6) is 0 Å². The lowest BCUT2D eigenvalue weighted by Gasteiger charge is -2.33. The topological polar surface area (TPSA) is 80.0 Å². The van der Waals surface area contributed by atoms with Crippen molar-refractivity contribution in [2.45, 2.75) is 25.9 Å². The summed E-state index contributed by atoms with van der Waals surface area (Å²) in [7, 11) is 0. The molecule has 0 fully saturated rings. The summed E-state index contributed by atoms with van der Waals surface area (Å²) in [6.45, 7) is 1.77. The second-order valence-corrected chi connectivity index (χ2v) is 9.46. The molecule has 1 unspecified atom stereocenters. The summed E-state index contributed by atoms with van der Waals surface area (Å²) in [5.41, 5.74) is 7.07. The number of rotatable bonds is 7. The van der Waals surface area contributed by atoms with E-state index < -0.39 is 23.9 Å². The number of nitrogens with zero attached hydrogens (tertiary/aromatic N) is 1. The van der Waals surface area contributed by atoms with E-state index in [2.05, 4.69) is 15.6 Å². The van der Waals surface area contributed by atoms with Gasteiger partial charge in [0.2, 0.25) is 0 Å². The van der Waals surface area contributed by atoms with E-state index in [-0.39, 0.29) is 5.57 Å². The van der Waals surface area contributed by atoms with E-state index in [9.17, 15) is 18.0 Å². The largest absolute Gasteiger partial charge is 0.397 e. The summed E-state index contributed by atoms with van der Waals surface area (Å²) in [5.74, 6) is -0.550. The lowest BCUT2D eigenvalue weighted by Crippen LogP contribution is -2.37. The monoisotopic (exact) mass is 498 g/mol. The highest BCUT2D eigenvalue weighted by Gasteiger charge is 2.51. The molecule has 1 aliphatic carbocycles. The molecule has 4 rings (SSSR count). The summed E-state index contributed by atoms with van der Waals surface area (Å²) in [5, 5.41) is 8.49. The van der Waals surface area contributed by atoms with Crippen LogP contribution >= 0.6 is 11.3 Å². The average Bonchev–Trinajstić information content (AvgIpc) is 3.25. The lowest BCUT2D eigenvalue weighted by atomic mass is 9.75. The SMILES string of the molecule is CC1(C(F)(F)F)C=CC(c2ccccc2)=C(C(=O)Nc2ccc(NCCc3csc(N)n3)cc2)C1. The van der Waals surface area contributed by atoms with Gasteiger partial charge in [0.15, 0.2) is 5.13 Å². The maximum atomic E-state index is 13.8. The molecule has 1 amide bonds. The minimum atomic E-state index is -4.48. The first kappa shape index (κ1) is 24.5. The van der Waals surface area contributed by atoms with Crippen molar-refractivity contribution in [3.05, 3.63) is 89.0 Å². The number of nitrogen functional groups attached to an aromatic ring is 1. The predicted molar refractivity (Wildman–Crippen MR) is 135 cm³/mol. The molecule has 0 saturated heterocycles. The van der Waals surface area contributed by atoms with Gasteiger partial charge in [-0.15, -0.1) is 11.3 Å². The van der Waals surface area contributed by atoms with Gasteiger partial charge in [0, 0.05) is 35.3 Å². The van der Waals surface area contributed by atoms with Gasteiger partial charge >= 0.3 is 6.18 Å². The Morgan fingerprint density at radius 2 is 1.80 bits per heavy atom. The van der Waals surface area contributed by atoms with E-state index in [4.69, 9.17) is 5.73 Å². The quantitative estimate of drug-likeness (QED) is 0.357. The van der Waals surface area contributed by atoms with Crippen LogP contribution in [0.25, 0.3) is 5.57 Å². The highest BCUT2D eigenvalue weighted by molar-refractivity contribution is 7.13. The van der Waals surface area contributed by atoms with E-state index in [0.29, 0.717) is 34.9 Å². The number of alkyl halides is 3. The highest BCUT2D eigenvalue weighted by atomic mass is 32.1. The summed E-state index contributed by atoms with van der Waals surface area (Å²) in [4.78, 5) is 17.4. The number of carbonyl (C=O) groups excluding carboxylic acids is 1. The van der Waals surface area contributed by atoms with Gasteiger partial charge in [0.1, 0.15) is 0 Å². The molecular formula is C26H25F3N4OS. The van der Waals surface area contributed by atoms with Gasteiger partial charge in [-0.05, 0) is 48.7 Å². The van der Waals surface area contributed by atoms with E-state index in [0.717, 1.165) is 24.4 Å². The summed E-state index contributed by atoms with van der Waals surface area (Å²) >= 11 is 1.40. The van der Waals surface area contributed by atoms with Gasteiger partial charge in [-0.1, -0.05) is 42.5 Å². The lowest BCUT2D eigenvalue weighted by molar-refractivity contribution is -0.199. The Balaban J connectivity index is 1.48. The normalized spacial score (nSPS) is 17.9. The zero-order valence-corrected chi connectivity index (χ0v) is 19.8. The van der Waals surface area contributed by atoms with Crippen molar-refractivity contribution in [2.24, 2.45) is 5.41 Å². The highest BCUT2D eigenvalue weighted by Crippen LogP contribution is 2.48. The number of halogens is 3. The maximum absolute atomic E-state index is 13.8. The van der Waals surface area contributed by atoms with E-state index in [1.807, 2.05) is 11.4 Å². The second-order valence-electron chi connectivity index (χ2n) is 8.57. The molecule has 1 atom stereocenters. The van der Waals surface area contributed by atoms with E-state index in [1.165, 1.54) is 17.4 Å². The Kier molecular flexibility index (Phi) is 6.98. The maximum Gasteiger partial charge on any atom is 0.397 e.